The van der Waals surface area contributed by atoms with Crippen LogP contribution in [-0.4, -0.2) is 4.98 Å². The molecule has 0 aliphatic heterocycles. The van der Waals surface area contributed by atoms with Crippen molar-refractivity contribution in [3.05, 3.63) is 16.1 Å². The van der Waals surface area contributed by atoms with E-state index in [-0.39, 0.29) is 0 Å². The van der Waals surface area contributed by atoms with Gasteiger partial charge in [0.05, 0.1) is 11.2 Å². The quantitative estimate of drug-likeness (QED) is 0.610. The first-order valence-corrected chi connectivity index (χ1v) is 4.61. The zero-order valence-electron chi connectivity index (χ0n) is 7.14. The van der Waals surface area contributed by atoms with Crippen LogP contribution in [0.4, 0.5) is 0 Å². The van der Waals surface area contributed by atoms with Gasteiger partial charge in [-0.15, -0.1) is 11.3 Å². The molecule has 0 spiro atoms. The zero-order valence-corrected chi connectivity index (χ0v) is 7.96. The molecule has 0 amide bonds. The van der Waals surface area contributed by atoms with E-state index in [1.807, 2.05) is 19.4 Å². The van der Waals surface area contributed by atoms with E-state index in [1.54, 1.807) is 11.3 Å². The molecule has 1 aromatic rings. The molecule has 0 saturated heterocycles. The Hall–Kier alpha value is -0.370. The standard InChI is InChI=1S/C6H9NS.C2H6/c1-3-6-5(2)8-4-7-6;1-2/h4H,3H2,1-2H3;1-2H3. The molecule has 0 aromatic carbocycles. The molecule has 58 valence electrons. The van der Waals surface area contributed by atoms with Gasteiger partial charge in [-0.2, -0.15) is 0 Å². The molecule has 0 bridgehead atoms. The van der Waals surface area contributed by atoms with E-state index < -0.39 is 0 Å². The lowest BCUT2D eigenvalue weighted by Crippen LogP contribution is -1.79. The molecule has 1 nitrogen and oxygen atoms in total. The van der Waals surface area contributed by atoms with E-state index in [1.165, 1.54) is 10.6 Å². The van der Waals surface area contributed by atoms with Crippen LogP contribution in [0.25, 0.3) is 0 Å². The topological polar surface area (TPSA) is 12.9 Å². The summed E-state index contributed by atoms with van der Waals surface area (Å²) < 4.78 is 0. The predicted molar refractivity (Wildman–Crippen MR) is 47.6 cm³/mol. The van der Waals surface area contributed by atoms with Gasteiger partial charge < -0.3 is 0 Å². The van der Waals surface area contributed by atoms with Crippen LogP contribution in [-0.2, 0) is 6.42 Å². The van der Waals surface area contributed by atoms with E-state index >= 15 is 0 Å². The molecule has 0 N–H and O–H groups in total. The van der Waals surface area contributed by atoms with Crippen molar-refractivity contribution in [2.75, 3.05) is 0 Å². The van der Waals surface area contributed by atoms with Crippen molar-refractivity contribution in [2.45, 2.75) is 34.1 Å². The van der Waals surface area contributed by atoms with Crippen molar-refractivity contribution in [3.8, 4) is 0 Å². The minimum absolute atomic E-state index is 1.06. The molecular weight excluding hydrogens is 142 g/mol. The van der Waals surface area contributed by atoms with Gasteiger partial charge in [0.25, 0.3) is 0 Å². The predicted octanol–water partition coefficient (Wildman–Crippen LogP) is 3.04. The Morgan fingerprint density at radius 3 is 2.30 bits per heavy atom. The molecule has 0 radical (unpaired) electrons. The number of thiazole rings is 1. The second kappa shape index (κ2) is 5.42. The van der Waals surface area contributed by atoms with Crippen molar-refractivity contribution in [1.82, 2.24) is 4.98 Å². The maximum atomic E-state index is 4.15. The van der Waals surface area contributed by atoms with Crippen LogP contribution in [0.2, 0.25) is 0 Å². The summed E-state index contributed by atoms with van der Waals surface area (Å²) >= 11 is 1.72. The molecule has 1 heterocycles. The SMILES string of the molecule is CC.CCc1ncsc1C. The van der Waals surface area contributed by atoms with Gasteiger partial charge in [-0.1, -0.05) is 20.8 Å². The molecule has 1 rings (SSSR count). The molecule has 0 aliphatic carbocycles. The zero-order chi connectivity index (χ0) is 7.98. The lowest BCUT2D eigenvalue weighted by atomic mass is 10.3. The van der Waals surface area contributed by atoms with Gasteiger partial charge in [0.15, 0.2) is 0 Å². The second-order valence-corrected chi connectivity index (χ2v) is 2.77. The van der Waals surface area contributed by atoms with Crippen LogP contribution in [0.3, 0.4) is 0 Å². The summed E-state index contributed by atoms with van der Waals surface area (Å²) in [6.07, 6.45) is 1.06. The number of rotatable bonds is 1. The Morgan fingerprint density at radius 2 is 2.10 bits per heavy atom. The molecule has 1 aromatic heterocycles. The third-order valence-electron chi connectivity index (χ3n) is 1.18. The summed E-state index contributed by atoms with van der Waals surface area (Å²) in [4.78, 5) is 5.51. The Balaban J connectivity index is 0.000000371. The van der Waals surface area contributed by atoms with Crippen molar-refractivity contribution in [1.29, 1.82) is 0 Å². The molecular formula is C8H15NS. The minimum Gasteiger partial charge on any atom is -0.249 e. The Morgan fingerprint density at radius 1 is 1.50 bits per heavy atom. The first-order chi connectivity index (χ1) is 4.84. The first kappa shape index (κ1) is 9.63. The van der Waals surface area contributed by atoms with Crippen molar-refractivity contribution in [3.63, 3.8) is 0 Å². The van der Waals surface area contributed by atoms with Crippen LogP contribution >= 0.6 is 11.3 Å². The summed E-state index contributed by atoms with van der Waals surface area (Å²) in [7, 11) is 0. The smallest absolute Gasteiger partial charge is 0.0797 e. The van der Waals surface area contributed by atoms with Crippen molar-refractivity contribution < 1.29 is 0 Å². The lowest BCUT2D eigenvalue weighted by Gasteiger charge is -1.85. The number of nitrogens with zero attached hydrogens (tertiary/aromatic N) is 1. The average molecular weight is 157 g/mol. The van der Waals surface area contributed by atoms with Crippen LogP contribution in [0, 0.1) is 6.92 Å². The highest BCUT2D eigenvalue weighted by Gasteiger charge is 1.94. The normalized spacial score (nSPS) is 8.40. The average Bonchev–Trinajstić information content (AvgIpc) is 2.39. The maximum absolute atomic E-state index is 4.15. The highest BCUT2D eigenvalue weighted by Crippen LogP contribution is 2.10. The highest BCUT2D eigenvalue weighted by atomic mass is 32.1. The highest BCUT2D eigenvalue weighted by molar-refractivity contribution is 7.09. The fraction of sp³-hybridized carbons (Fsp3) is 0.625. The van der Waals surface area contributed by atoms with E-state index in [4.69, 9.17) is 0 Å². The summed E-state index contributed by atoms with van der Waals surface area (Å²) in [5, 5.41) is 0. The molecule has 0 aliphatic rings. The number of aryl methyl sites for hydroxylation is 2. The van der Waals surface area contributed by atoms with Crippen LogP contribution in [0.15, 0.2) is 5.51 Å². The third kappa shape index (κ3) is 2.48. The number of hydrogen-bond acceptors (Lipinski definition) is 2. The second-order valence-electron chi connectivity index (χ2n) is 1.71. The summed E-state index contributed by atoms with van der Waals surface area (Å²) in [5.41, 5.74) is 3.14. The number of hydrogen-bond donors (Lipinski definition) is 0. The lowest BCUT2D eigenvalue weighted by molar-refractivity contribution is 1.04. The van der Waals surface area contributed by atoms with Gasteiger partial charge in [-0.05, 0) is 13.3 Å². The van der Waals surface area contributed by atoms with Gasteiger partial charge in [-0.25, -0.2) is 4.98 Å². The third-order valence-corrected chi connectivity index (χ3v) is 1.98. The molecule has 0 fully saturated rings. The monoisotopic (exact) mass is 157 g/mol. The van der Waals surface area contributed by atoms with Crippen LogP contribution < -0.4 is 0 Å². The van der Waals surface area contributed by atoms with Gasteiger partial charge in [0.1, 0.15) is 0 Å². The van der Waals surface area contributed by atoms with E-state index in [0.717, 1.165) is 6.42 Å². The molecule has 10 heavy (non-hydrogen) atoms. The Labute approximate surface area is 67.1 Å². The van der Waals surface area contributed by atoms with Gasteiger partial charge >= 0.3 is 0 Å². The summed E-state index contributed by atoms with van der Waals surface area (Å²) in [6, 6.07) is 0. The fourth-order valence-corrected chi connectivity index (χ4v) is 1.34. The first-order valence-electron chi connectivity index (χ1n) is 3.73. The van der Waals surface area contributed by atoms with Crippen molar-refractivity contribution in [2.24, 2.45) is 0 Å². The van der Waals surface area contributed by atoms with Gasteiger partial charge in [0, 0.05) is 4.88 Å². The summed E-state index contributed by atoms with van der Waals surface area (Å²) in [5.74, 6) is 0. The van der Waals surface area contributed by atoms with Gasteiger partial charge in [-0.3, -0.25) is 0 Å². The summed E-state index contributed by atoms with van der Waals surface area (Å²) in [6.45, 7) is 8.23. The Kier molecular flexibility index (Phi) is 5.22. The van der Waals surface area contributed by atoms with E-state index in [2.05, 4.69) is 18.8 Å². The van der Waals surface area contributed by atoms with Gasteiger partial charge in [0.2, 0.25) is 0 Å². The molecule has 0 atom stereocenters. The minimum atomic E-state index is 1.06. The molecule has 0 unspecified atom stereocenters. The fourth-order valence-electron chi connectivity index (χ4n) is 0.668. The molecule has 0 saturated carbocycles. The molecule has 2 heteroatoms. The van der Waals surface area contributed by atoms with E-state index in [9.17, 15) is 0 Å². The van der Waals surface area contributed by atoms with Crippen LogP contribution in [0.5, 0.6) is 0 Å². The largest absolute Gasteiger partial charge is 0.249 e. The number of aromatic nitrogens is 1. The Bertz CT molecular complexity index is 170. The van der Waals surface area contributed by atoms with E-state index in [0.29, 0.717) is 0 Å². The van der Waals surface area contributed by atoms with Crippen molar-refractivity contribution >= 4 is 11.3 Å². The van der Waals surface area contributed by atoms with Crippen LogP contribution in [0.1, 0.15) is 31.3 Å². The maximum Gasteiger partial charge on any atom is 0.0797 e.